The Morgan fingerprint density at radius 3 is 2.20 bits per heavy atom. The van der Waals surface area contributed by atoms with Gasteiger partial charge < -0.3 is 19.9 Å². The number of hydrogen-bond acceptors (Lipinski definition) is 8. The zero-order chi connectivity index (χ0) is 18.5. The van der Waals surface area contributed by atoms with Crippen LogP contribution >= 0.6 is 0 Å². The fourth-order valence-electron chi connectivity index (χ4n) is 3.95. The lowest BCUT2D eigenvalue weighted by Gasteiger charge is -2.29. The second kappa shape index (κ2) is 5.28. The van der Waals surface area contributed by atoms with Crippen molar-refractivity contribution in [1.82, 2.24) is 0 Å². The predicted octanol–water partition coefficient (Wildman–Crippen LogP) is 0.908. The Hall–Kier alpha value is -2.94. The zero-order valence-corrected chi connectivity index (χ0v) is 13.9. The van der Waals surface area contributed by atoms with Gasteiger partial charge in [-0.2, -0.15) is 10.5 Å². The minimum Gasteiger partial charge on any atom is -0.465 e. The average Bonchev–Trinajstić information content (AvgIpc) is 3.23. The van der Waals surface area contributed by atoms with Crippen LogP contribution in [0.25, 0.3) is 0 Å². The van der Waals surface area contributed by atoms with Crippen LogP contribution in [0.4, 0.5) is 0 Å². The Morgan fingerprint density at radius 2 is 1.76 bits per heavy atom. The summed E-state index contributed by atoms with van der Waals surface area (Å²) in [5.74, 6) is -2.73. The molecule has 8 nitrogen and oxygen atoms in total. The minimum atomic E-state index is -1.66. The number of methoxy groups -OCH3 is 3. The first-order chi connectivity index (χ1) is 11.9. The molecule has 1 heterocycles. The molecule has 1 aliphatic heterocycles. The number of benzene rings is 1. The van der Waals surface area contributed by atoms with Crippen LogP contribution in [-0.2, 0) is 14.2 Å². The molecule has 0 radical (unpaired) electrons. The first-order valence-corrected chi connectivity index (χ1v) is 7.41. The van der Waals surface area contributed by atoms with E-state index in [1.165, 1.54) is 21.3 Å². The quantitative estimate of drug-likeness (QED) is 0.636. The summed E-state index contributed by atoms with van der Waals surface area (Å²) in [7, 11) is 3.99. The number of ether oxygens (including phenoxy) is 3. The molecule has 0 saturated heterocycles. The lowest BCUT2D eigenvalue weighted by atomic mass is 9.93. The van der Waals surface area contributed by atoms with Crippen molar-refractivity contribution in [1.29, 1.82) is 10.5 Å². The fourth-order valence-corrected chi connectivity index (χ4v) is 3.95. The van der Waals surface area contributed by atoms with Crippen molar-refractivity contribution in [2.24, 2.45) is 21.6 Å². The molecule has 2 N–H and O–H groups in total. The van der Waals surface area contributed by atoms with E-state index in [0.29, 0.717) is 11.1 Å². The maximum Gasteiger partial charge on any atom is 0.337 e. The van der Waals surface area contributed by atoms with Gasteiger partial charge in [0.1, 0.15) is 11.3 Å². The van der Waals surface area contributed by atoms with E-state index in [4.69, 9.17) is 15.2 Å². The fraction of sp³-hybridized carbons (Fsp3) is 0.412. The highest BCUT2D eigenvalue weighted by molar-refractivity contribution is 6.00. The summed E-state index contributed by atoms with van der Waals surface area (Å²) < 4.78 is 15.4. The summed E-state index contributed by atoms with van der Waals surface area (Å²) in [6.07, 6.45) is 0. The lowest BCUT2D eigenvalue weighted by molar-refractivity contribution is -0.230. The number of fused-ring (bicyclic) bond motifs is 1. The molecule has 0 spiro atoms. The number of nitriles is 2. The highest BCUT2D eigenvalue weighted by Gasteiger charge is 2.93. The van der Waals surface area contributed by atoms with E-state index in [1.807, 2.05) is 0 Å². The molecule has 0 aromatic heterocycles. The Bertz CT molecular complexity index is 847. The molecule has 3 rings (SSSR count). The van der Waals surface area contributed by atoms with Crippen molar-refractivity contribution in [3.63, 3.8) is 0 Å². The first-order valence-electron chi connectivity index (χ1n) is 7.41. The molecular formula is C17H16N4O4. The number of carbonyl (C=O) groups excluding carboxylic acids is 1. The molecule has 1 saturated carbocycles. The monoisotopic (exact) mass is 340 g/mol. The normalized spacial score (nSPS) is 31.2. The number of amidine groups is 1. The Morgan fingerprint density at radius 1 is 1.16 bits per heavy atom. The van der Waals surface area contributed by atoms with Crippen molar-refractivity contribution in [3.8, 4) is 12.1 Å². The van der Waals surface area contributed by atoms with Gasteiger partial charge >= 0.3 is 5.97 Å². The predicted molar refractivity (Wildman–Crippen MR) is 85.0 cm³/mol. The van der Waals surface area contributed by atoms with E-state index in [0.717, 1.165) is 0 Å². The second-order valence-electron chi connectivity index (χ2n) is 5.87. The zero-order valence-electron chi connectivity index (χ0n) is 13.9. The van der Waals surface area contributed by atoms with E-state index in [9.17, 15) is 15.3 Å². The van der Waals surface area contributed by atoms with Crippen molar-refractivity contribution >= 4 is 11.8 Å². The SMILES string of the molecule is COC(=O)c1ccc([C@@H]2[C@@]3(C#N)C(N)=NC(OC)(OC)[C@@]23C#N)cc1. The van der Waals surface area contributed by atoms with E-state index in [2.05, 4.69) is 21.9 Å². The highest BCUT2D eigenvalue weighted by Crippen LogP contribution is 2.81. The van der Waals surface area contributed by atoms with Crippen LogP contribution in [0.15, 0.2) is 29.3 Å². The number of aliphatic imine (C=N–C) groups is 1. The van der Waals surface area contributed by atoms with Crippen molar-refractivity contribution in [2.75, 3.05) is 21.3 Å². The standard InChI is InChI=1S/C17H16N4O4/c1-23-13(22)11-6-4-10(5-7-11)12-15(8-18)14(20)21-17(24-2,25-3)16(12,15)9-19/h4-7,12H,1-3H3,(H2,20,21)/t12-,15+,16+/m1/s1. The molecule has 1 aromatic carbocycles. The number of nitrogens with two attached hydrogens (primary N) is 1. The van der Waals surface area contributed by atoms with E-state index >= 15 is 0 Å². The van der Waals surface area contributed by atoms with Crippen LogP contribution in [0.3, 0.4) is 0 Å². The molecule has 1 aromatic rings. The maximum absolute atomic E-state index is 11.6. The number of hydrogen-bond donors (Lipinski definition) is 1. The van der Waals surface area contributed by atoms with Crippen molar-refractivity contribution in [2.45, 2.75) is 11.8 Å². The van der Waals surface area contributed by atoms with Gasteiger partial charge in [0.05, 0.1) is 24.8 Å². The van der Waals surface area contributed by atoms with Gasteiger partial charge in [0.25, 0.3) is 5.91 Å². The molecule has 3 atom stereocenters. The molecule has 0 amide bonds. The maximum atomic E-state index is 11.6. The van der Waals surface area contributed by atoms with Gasteiger partial charge in [-0.05, 0) is 17.7 Å². The topological polar surface area (TPSA) is 131 Å². The summed E-state index contributed by atoms with van der Waals surface area (Å²) in [5.41, 5.74) is 4.29. The average molecular weight is 340 g/mol. The summed E-state index contributed by atoms with van der Waals surface area (Å²) in [6, 6.07) is 10.8. The number of rotatable bonds is 4. The van der Waals surface area contributed by atoms with Gasteiger partial charge in [-0.15, -0.1) is 0 Å². The van der Waals surface area contributed by atoms with Crippen LogP contribution in [0.2, 0.25) is 0 Å². The highest BCUT2D eigenvalue weighted by atomic mass is 16.7. The van der Waals surface area contributed by atoms with E-state index in [-0.39, 0.29) is 5.84 Å². The van der Waals surface area contributed by atoms with Crippen LogP contribution in [-0.4, -0.2) is 39.0 Å². The molecule has 1 fully saturated rings. The molecule has 0 bridgehead atoms. The number of carbonyl (C=O) groups is 1. The van der Waals surface area contributed by atoms with Crippen LogP contribution < -0.4 is 5.73 Å². The smallest absolute Gasteiger partial charge is 0.337 e. The Balaban J connectivity index is 2.13. The van der Waals surface area contributed by atoms with Crippen LogP contribution in [0.5, 0.6) is 0 Å². The van der Waals surface area contributed by atoms with Gasteiger partial charge in [-0.25, -0.2) is 9.79 Å². The Kier molecular flexibility index (Phi) is 3.57. The van der Waals surface area contributed by atoms with Gasteiger partial charge in [-0.1, -0.05) is 12.1 Å². The molecule has 128 valence electrons. The third-order valence-electron chi connectivity index (χ3n) is 5.15. The minimum absolute atomic E-state index is 0.00212. The molecular weight excluding hydrogens is 324 g/mol. The summed E-state index contributed by atoms with van der Waals surface area (Å²) in [4.78, 5) is 15.7. The third-order valence-corrected chi connectivity index (χ3v) is 5.15. The molecule has 1 aliphatic carbocycles. The third kappa shape index (κ3) is 1.65. The number of nitrogens with zero attached hydrogens (tertiary/aromatic N) is 3. The Labute approximate surface area is 144 Å². The second-order valence-corrected chi connectivity index (χ2v) is 5.87. The molecule has 2 aliphatic rings. The van der Waals surface area contributed by atoms with Crippen molar-refractivity contribution < 1.29 is 19.0 Å². The molecule has 25 heavy (non-hydrogen) atoms. The largest absolute Gasteiger partial charge is 0.465 e. The summed E-state index contributed by atoms with van der Waals surface area (Å²) >= 11 is 0. The first kappa shape index (κ1) is 16.9. The van der Waals surface area contributed by atoms with Gasteiger partial charge in [0.2, 0.25) is 0 Å². The summed E-state index contributed by atoms with van der Waals surface area (Å²) in [6.45, 7) is 0. The van der Waals surface area contributed by atoms with Crippen molar-refractivity contribution in [3.05, 3.63) is 35.4 Å². The number of esters is 1. The summed E-state index contributed by atoms with van der Waals surface area (Å²) in [5, 5.41) is 19.7. The van der Waals surface area contributed by atoms with Gasteiger partial charge in [0.15, 0.2) is 5.41 Å². The van der Waals surface area contributed by atoms with E-state index < -0.39 is 28.6 Å². The van der Waals surface area contributed by atoms with Gasteiger partial charge in [-0.3, -0.25) is 0 Å². The van der Waals surface area contributed by atoms with Crippen LogP contribution in [0.1, 0.15) is 21.8 Å². The van der Waals surface area contributed by atoms with Gasteiger partial charge in [0, 0.05) is 20.1 Å². The van der Waals surface area contributed by atoms with E-state index in [1.54, 1.807) is 24.3 Å². The molecule has 0 unspecified atom stereocenters. The van der Waals surface area contributed by atoms with Crippen LogP contribution in [0, 0.1) is 33.5 Å². The lowest BCUT2D eigenvalue weighted by Crippen LogP contribution is -2.41. The molecule has 8 heteroatoms.